The zero-order valence-corrected chi connectivity index (χ0v) is 11.2. The van der Waals surface area contributed by atoms with Gasteiger partial charge in [-0.25, -0.2) is 0 Å². The quantitative estimate of drug-likeness (QED) is 0.868. The van der Waals surface area contributed by atoms with E-state index >= 15 is 0 Å². The number of hydrogen-bond donors (Lipinski definition) is 2. The molecule has 0 aromatic heterocycles. The molecule has 1 aromatic rings. The molecule has 1 rings (SSSR count). The molecule has 3 nitrogen and oxygen atoms in total. The minimum atomic E-state index is -0.863. The Kier molecular flexibility index (Phi) is 5.25. The molecule has 0 bridgehead atoms. The molecule has 0 fully saturated rings. The van der Waals surface area contributed by atoms with Gasteiger partial charge in [0.15, 0.2) is 0 Å². The molecular formula is C12H15Cl2NO2. The Hall–Kier alpha value is -0.770. The van der Waals surface area contributed by atoms with Crippen molar-refractivity contribution in [2.24, 2.45) is 5.92 Å². The molecule has 1 atom stereocenters. The van der Waals surface area contributed by atoms with Crippen LogP contribution in [0.4, 0.5) is 0 Å². The second-order valence-electron chi connectivity index (χ2n) is 4.18. The van der Waals surface area contributed by atoms with Crippen LogP contribution in [0.2, 0.25) is 10.0 Å². The zero-order valence-electron chi connectivity index (χ0n) is 9.71. The first-order chi connectivity index (χ1) is 7.91. The molecule has 0 saturated heterocycles. The van der Waals surface area contributed by atoms with Crippen LogP contribution in [0.25, 0.3) is 0 Å². The topological polar surface area (TPSA) is 49.3 Å². The van der Waals surface area contributed by atoms with E-state index in [9.17, 15) is 4.79 Å². The van der Waals surface area contributed by atoms with Gasteiger partial charge in [-0.2, -0.15) is 0 Å². The van der Waals surface area contributed by atoms with E-state index in [1.54, 1.807) is 18.2 Å². The Bertz CT molecular complexity index is 407. The first-order valence-corrected chi connectivity index (χ1v) is 6.07. The van der Waals surface area contributed by atoms with E-state index in [1.807, 2.05) is 13.8 Å². The van der Waals surface area contributed by atoms with Gasteiger partial charge in [-0.1, -0.05) is 37.0 Å². The van der Waals surface area contributed by atoms with E-state index in [0.29, 0.717) is 16.6 Å². The third-order valence-corrected chi connectivity index (χ3v) is 3.06. The second-order valence-corrected chi connectivity index (χ2v) is 5.02. The summed E-state index contributed by atoms with van der Waals surface area (Å²) >= 11 is 11.8. The molecule has 0 saturated carbocycles. The standard InChI is InChI=1S/C12H15Cl2NO2/c1-7(2)11(12(16)17)15-6-8-5-9(13)3-4-10(8)14/h3-5,7,11,15H,6H2,1-2H3,(H,16,17). The Balaban J connectivity index is 2.72. The fourth-order valence-electron chi connectivity index (χ4n) is 1.51. The molecule has 0 spiro atoms. The lowest BCUT2D eigenvalue weighted by molar-refractivity contribution is -0.140. The highest BCUT2D eigenvalue weighted by Crippen LogP contribution is 2.20. The van der Waals surface area contributed by atoms with Gasteiger partial charge < -0.3 is 10.4 Å². The molecule has 0 aliphatic rings. The maximum absolute atomic E-state index is 11.0. The van der Waals surface area contributed by atoms with Crippen LogP contribution in [-0.2, 0) is 11.3 Å². The van der Waals surface area contributed by atoms with Crippen molar-refractivity contribution in [3.05, 3.63) is 33.8 Å². The molecule has 1 unspecified atom stereocenters. The van der Waals surface area contributed by atoms with Crippen LogP contribution in [0, 0.1) is 5.92 Å². The lowest BCUT2D eigenvalue weighted by atomic mass is 10.0. The molecule has 1 aromatic carbocycles. The Morgan fingerprint density at radius 1 is 1.41 bits per heavy atom. The summed E-state index contributed by atoms with van der Waals surface area (Å²) < 4.78 is 0. The first kappa shape index (κ1) is 14.3. The maximum atomic E-state index is 11.0. The van der Waals surface area contributed by atoms with E-state index in [0.717, 1.165) is 5.56 Å². The van der Waals surface area contributed by atoms with Crippen molar-refractivity contribution in [1.29, 1.82) is 0 Å². The van der Waals surface area contributed by atoms with Gasteiger partial charge in [0.2, 0.25) is 0 Å². The van der Waals surface area contributed by atoms with Gasteiger partial charge in [0.25, 0.3) is 0 Å². The third kappa shape index (κ3) is 4.19. The van der Waals surface area contributed by atoms with Crippen LogP contribution in [0.5, 0.6) is 0 Å². The first-order valence-electron chi connectivity index (χ1n) is 5.32. The number of hydrogen-bond acceptors (Lipinski definition) is 2. The Morgan fingerprint density at radius 2 is 2.06 bits per heavy atom. The molecular weight excluding hydrogens is 261 g/mol. The fourth-order valence-corrected chi connectivity index (χ4v) is 1.89. The molecule has 5 heteroatoms. The number of nitrogens with one attached hydrogen (secondary N) is 1. The summed E-state index contributed by atoms with van der Waals surface area (Å²) in [4.78, 5) is 11.0. The summed E-state index contributed by atoms with van der Waals surface area (Å²) in [7, 11) is 0. The maximum Gasteiger partial charge on any atom is 0.320 e. The average Bonchev–Trinajstić information content (AvgIpc) is 2.22. The predicted octanol–water partition coefficient (Wildman–Crippen LogP) is 3.19. The predicted molar refractivity (Wildman–Crippen MR) is 69.6 cm³/mol. The molecule has 0 aliphatic heterocycles. The average molecular weight is 276 g/mol. The van der Waals surface area contributed by atoms with Crippen LogP contribution < -0.4 is 5.32 Å². The van der Waals surface area contributed by atoms with E-state index in [-0.39, 0.29) is 5.92 Å². The van der Waals surface area contributed by atoms with Crippen molar-refractivity contribution in [3.8, 4) is 0 Å². The van der Waals surface area contributed by atoms with Crippen molar-refractivity contribution in [1.82, 2.24) is 5.32 Å². The van der Waals surface area contributed by atoms with Crippen molar-refractivity contribution in [3.63, 3.8) is 0 Å². The fraction of sp³-hybridized carbons (Fsp3) is 0.417. The smallest absolute Gasteiger partial charge is 0.320 e. The second kappa shape index (κ2) is 6.24. The molecule has 17 heavy (non-hydrogen) atoms. The van der Waals surface area contributed by atoms with Gasteiger partial charge in [0.1, 0.15) is 6.04 Å². The van der Waals surface area contributed by atoms with Gasteiger partial charge in [-0.3, -0.25) is 4.79 Å². The lowest BCUT2D eigenvalue weighted by Crippen LogP contribution is -2.40. The summed E-state index contributed by atoms with van der Waals surface area (Å²) in [5, 5.41) is 13.1. The highest BCUT2D eigenvalue weighted by atomic mass is 35.5. The molecule has 0 heterocycles. The van der Waals surface area contributed by atoms with E-state index in [2.05, 4.69) is 5.32 Å². The number of carboxylic acid groups (broad SMARTS) is 1. The summed E-state index contributed by atoms with van der Waals surface area (Å²) in [5.74, 6) is -0.858. The summed E-state index contributed by atoms with van der Waals surface area (Å²) in [6, 6.07) is 4.54. The number of benzene rings is 1. The molecule has 2 N–H and O–H groups in total. The van der Waals surface area contributed by atoms with E-state index in [1.165, 1.54) is 0 Å². The summed E-state index contributed by atoms with van der Waals surface area (Å²) in [5.41, 5.74) is 0.797. The number of halogens is 2. The van der Waals surface area contributed by atoms with Crippen molar-refractivity contribution >= 4 is 29.2 Å². The Morgan fingerprint density at radius 3 is 2.59 bits per heavy atom. The van der Waals surface area contributed by atoms with Gasteiger partial charge in [-0.15, -0.1) is 0 Å². The number of carboxylic acids is 1. The molecule has 94 valence electrons. The molecule has 0 radical (unpaired) electrons. The van der Waals surface area contributed by atoms with Gasteiger partial charge in [0, 0.05) is 16.6 Å². The number of carbonyl (C=O) groups is 1. The normalized spacial score (nSPS) is 12.8. The SMILES string of the molecule is CC(C)C(NCc1cc(Cl)ccc1Cl)C(=O)O. The van der Waals surface area contributed by atoms with Gasteiger partial charge in [-0.05, 0) is 29.7 Å². The van der Waals surface area contributed by atoms with Gasteiger partial charge >= 0.3 is 5.97 Å². The largest absolute Gasteiger partial charge is 0.480 e. The highest BCUT2D eigenvalue weighted by Gasteiger charge is 2.20. The monoisotopic (exact) mass is 275 g/mol. The van der Waals surface area contributed by atoms with Crippen molar-refractivity contribution < 1.29 is 9.90 Å². The molecule has 0 amide bonds. The summed E-state index contributed by atoms with van der Waals surface area (Å²) in [6.45, 7) is 4.09. The van der Waals surface area contributed by atoms with E-state index in [4.69, 9.17) is 28.3 Å². The minimum absolute atomic E-state index is 0.00506. The van der Waals surface area contributed by atoms with Gasteiger partial charge in [0.05, 0.1) is 0 Å². The number of rotatable bonds is 5. The summed E-state index contributed by atoms with van der Waals surface area (Å²) in [6.07, 6.45) is 0. The highest BCUT2D eigenvalue weighted by molar-refractivity contribution is 6.33. The molecule has 0 aliphatic carbocycles. The Labute approximate surface area is 111 Å². The van der Waals surface area contributed by atoms with E-state index < -0.39 is 12.0 Å². The van der Waals surface area contributed by atoms with Crippen LogP contribution >= 0.6 is 23.2 Å². The number of aliphatic carboxylic acids is 1. The van der Waals surface area contributed by atoms with Crippen LogP contribution in [-0.4, -0.2) is 17.1 Å². The van der Waals surface area contributed by atoms with Crippen molar-refractivity contribution in [2.75, 3.05) is 0 Å². The minimum Gasteiger partial charge on any atom is -0.480 e. The van der Waals surface area contributed by atoms with Crippen LogP contribution in [0.3, 0.4) is 0 Å². The third-order valence-electron chi connectivity index (χ3n) is 2.45. The van der Waals surface area contributed by atoms with Crippen LogP contribution in [0.15, 0.2) is 18.2 Å². The lowest BCUT2D eigenvalue weighted by Gasteiger charge is -2.18. The van der Waals surface area contributed by atoms with Crippen molar-refractivity contribution in [2.45, 2.75) is 26.4 Å². The zero-order chi connectivity index (χ0) is 13.0. The van der Waals surface area contributed by atoms with Crippen LogP contribution in [0.1, 0.15) is 19.4 Å².